The Kier molecular flexibility index (Phi) is 7.55. The molecule has 1 heterocycles. The van der Waals surface area contributed by atoms with Gasteiger partial charge in [-0.05, 0) is 104 Å². The lowest BCUT2D eigenvalue weighted by Gasteiger charge is -2.28. The van der Waals surface area contributed by atoms with Crippen LogP contribution in [0.1, 0.15) is 21.6 Å². The van der Waals surface area contributed by atoms with Crippen LogP contribution in [0.5, 0.6) is 0 Å². The van der Waals surface area contributed by atoms with Gasteiger partial charge in [-0.1, -0.05) is 146 Å². The molecule has 1 aliphatic carbocycles. The summed E-state index contributed by atoms with van der Waals surface area (Å²) in [5.41, 5.74) is 15.2. The largest absolute Gasteiger partial charge is 0.310 e. The number of fused-ring (bicyclic) bond motifs is 9. The Morgan fingerprint density at radius 1 is 0.385 bits per heavy atom. The van der Waals surface area contributed by atoms with Gasteiger partial charge in [0.15, 0.2) is 0 Å². The van der Waals surface area contributed by atoms with Gasteiger partial charge in [-0.15, -0.1) is 11.3 Å². The van der Waals surface area contributed by atoms with E-state index in [0.717, 1.165) is 29.9 Å². The molecule has 0 atom stereocenters. The van der Waals surface area contributed by atoms with Crippen LogP contribution < -0.4 is 4.90 Å². The summed E-state index contributed by atoms with van der Waals surface area (Å²) in [5, 5.41) is 3.82. The average molecular weight is 682 g/mol. The molecular weight excluding hydrogens is 647 g/mol. The van der Waals surface area contributed by atoms with Gasteiger partial charge in [-0.3, -0.25) is 0 Å². The molecule has 0 radical (unpaired) electrons. The van der Waals surface area contributed by atoms with Crippen LogP contribution in [0.3, 0.4) is 0 Å². The number of thiophene rings is 1. The molecule has 9 aromatic rings. The Hall–Kier alpha value is -6.22. The van der Waals surface area contributed by atoms with Crippen molar-refractivity contribution < 1.29 is 0 Å². The van der Waals surface area contributed by atoms with E-state index >= 15 is 0 Å². The minimum Gasteiger partial charge on any atom is -0.310 e. The maximum atomic E-state index is 2.44. The van der Waals surface area contributed by atoms with E-state index in [1.165, 1.54) is 75.8 Å². The van der Waals surface area contributed by atoms with Crippen molar-refractivity contribution in [3.05, 3.63) is 210 Å². The van der Waals surface area contributed by atoms with Crippen molar-refractivity contribution in [2.75, 3.05) is 4.90 Å². The van der Waals surface area contributed by atoms with E-state index < -0.39 is 0 Å². The van der Waals surface area contributed by atoms with Crippen LogP contribution in [0.2, 0.25) is 0 Å². The standard InChI is InChI=1S/C50H35NS/c1-2-12-34(13-3-1)36-22-26-41(27-23-36)51(42-28-24-35-14-4-5-15-37(35)31-42)43-29-25-40-30-38-16-7-9-19-45(38)50-46-20-10-11-21-48(46)52-49(50)32-39-17-6-8-18-44(39)47(40)33-43/h1-29,31,33H,30,32H2. The lowest BCUT2D eigenvalue weighted by Crippen LogP contribution is -2.11. The first-order valence-electron chi connectivity index (χ1n) is 18.0. The number of hydrogen-bond donors (Lipinski definition) is 0. The van der Waals surface area contributed by atoms with Crippen molar-refractivity contribution in [3.63, 3.8) is 0 Å². The highest BCUT2D eigenvalue weighted by Gasteiger charge is 2.23. The van der Waals surface area contributed by atoms with Gasteiger partial charge in [0.25, 0.3) is 0 Å². The fraction of sp³-hybridized carbons (Fsp3) is 0.0400. The zero-order valence-corrected chi connectivity index (χ0v) is 29.5. The van der Waals surface area contributed by atoms with Gasteiger partial charge in [0.05, 0.1) is 0 Å². The van der Waals surface area contributed by atoms with Gasteiger partial charge in [0.2, 0.25) is 0 Å². The summed E-state index contributed by atoms with van der Waals surface area (Å²) >= 11 is 1.94. The number of rotatable bonds is 4. The third kappa shape index (κ3) is 5.40. The van der Waals surface area contributed by atoms with Crippen molar-refractivity contribution >= 4 is 49.3 Å². The third-order valence-electron chi connectivity index (χ3n) is 10.6. The van der Waals surface area contributed by atoms with Crippen LogP contribution >= 0.6 is 11.3 Å². The molecule has 0 unspecified atom stereocenters. The summed E-state index contributed by atoms with van der Waals surface area (Å²) in [6.45, 7) is 0. The SMILES string of the molecule is c1ccc(-c2ccc(N(c3ccc4c(c3)-c3ccccc3Cc3sc5ccccc5c3-c3ccccc3C4)c3ccc4ccccc4c3)cc2)cc1. The lowest BCUT2D eigenvalue weighted by atomic mass is 9.85. The lowest BCUT2D eigenvalue weighted by molar-refractivity contribution is 1.16. The molecule has 1 aliphatic rings. The van der Waals surface area contributed by atoms with Gasteiger partial charge in [0, 0.05) is 44.0 Å². The van der Waals surface area contributed by atoms with E-state index in [9.17, 15) is 0 Å². The number of nitrogens with zero attached hydrogens (tertiary/aromatic N) is 1. The topological polar surface area (TPSA) is 3.24 Å². The van der Waals surface area contributed by atoms with Gasteiger partial charge in [0.1, 0.15) is 0 Å². The molecule has 0 fully saturated rings. The van der Waals surface area contributed by atoms with E-state index in [1.54, 1.807) is 0 Å². The highest BCUT2D eigenvalue weighted by molar-refractivity contribution is 7.19. The molecule has 0 amide bonds. The molecule has 0 spiro atoms. The summed E-state index contributed by atoms with van der Waals surface area (Å²) in [5.74, 6) is 0. The van der Waals surface area contributed by atoms with Crippen LogP contribution in [0, 0.1) is 0 Å². The Bertz CT molecular complexity index is 2740. The van der Waals surface area contributed by atoms with Crippen LogP contribution in [-0.4, -0.2) is 0 Å². The Morgan fingerprint density at radius 2 is 0.981 bits per heavy atom. The van der Waals surface area contributed by atoms with Crippen molar-refractivity contribution in [1.82, 2.24) is 0 Å². The quantitative estimate of drug-likeness (QED) is 0.179. The Morgan fingerprint density at radius 3 is 1.83 bits per heavy atom. The van der Waals surface area contributed by atoms with Crippen molar-refractivity contribution in [3.8, 4) is 33.4 Å². The monoisotopic (exact) mass is 681 g/mol. The molecule has 0 saturated heterocycles. The van der Waals surface area contributed by atoms with Gasteiger partial charge in [-0.25, -0.2) is 0 Å². The molecule has 0 bridgehead atoms. The second kappa shape index (κ2) is 12.8. The average Bonchev–Trinajstić information content (AvgIpc) is 3.57. The van der Waals surface area contributed by atoms with Gasteiger partial charge >= 0.3 is 0 Å². The maximum Gasteiger partial charge on any atom is 0.0468 e. The molecule has 8 aromatic carbocycles. The summed E-state index contributed by atoms with van der Waals surface area (Å²) in [6, 6.07) is 69.2. The molecule has 0 saturated carbocycles. The molecule has 52 heavy (non-hydrogen) atoms. The van der Waals surface area contributed by atoms with Crippen molar-refractivity contribution in [2.24, 2.45) is 0 Å². The fourth-order valence-electron chi connectivity index (χ4n) is 8.05. The first-order valence-corrected chi connectivity index (χ1v) is 18.8. The molecule has 0 aliphatic heterocycles. The highest BCUT2D eigenvalue weighted by atomic mass is 32.1. The van der Waals surface area contributed by atoms with Crippen LogP contribution in [-0.2, 0) is 12.8 Å². The van der Waals surface area contributed by atoms with E-state index in [4.69, 9.17) is 0 Å². The summed E-state index contributed by atoms with van der Waals surface area (Å²) in [4.78, 5) is 3.85. The maximum absolute atomic E-state index is 2.44. The molecule has 1 nitrogen and oxygen atoms in total. The molecule has 1 aromatic heterocycles. The van der Waals surface area contributed by atoms with Crippen molar-refractivity contribution in [1.29, 1.82) is 0 Å². The third-order valence-corrected chi connectivity index (χ3v) is 11.7. The molecule has 246 valence electrons. The second-order valence-electron chi connectivity index (χ2n) is 13.7. The van der Waals surface area contributed by atoms with E-state index in [0.29, 0.717) is 0 Å². The zero-order chi connectivity index (χ0) is 34.4. The minimum absolute atomic E-state index is 0.853. The zero-order valence-electron chi connectivity index (χ0n) is 28.7. The number of anilines is 3. The first-order chi connectivity index (χ1) is 25.8. The Labute approximate surface area is 308 Å². The summed E-state index contributed by atoms with van der Waals surface area (Å²) in [7, 11) is 0. The summed E-state index contributed by atoms with van der Waals surface area (Å²) in [6.07, 6.45) is 1.74. The smallest absolute Gasteiger partial charge is 0.0468 e. The normalized spacial score (nSPS) is 12.1. The van der Waals surface area contributed by atoms with E-state index in [2.05, 4.69) is 193 Å². The fourth-order valence-corrected chi connectivity index (χ4v) is 9.30. The highest BCUT2D eigenvalue weighted by Crippen LogP contribution is 2.46. The van der Waals surface area contributed by atoms with Crippen LogP contribution in [0.25, 0.3) is 54.2 Å². The van der Waals surface area contributed by atoms with Gasteiger partial charge in [-0.2, -0.15) is 0 Å². The first kappa shape index (κ1) is 30.6. The van der Waals surface area contributed by atoms with Crippen LogP contribution in [0.4, 0.5) is 17.1 Å². The number of hydrogen-bond acceptors (Lipinski definition) is 2. The predicted molar refractivity (Wildman–Crippen MR) is 222 cm³/mol. The Balaban J connectivity index is 1.17. The molecule has 0 N–H and O–H groups in total. The molecule has 10 rings (SSSR count). The van der Waals surface area contributed by atoms with Gasteiger partial charge < -0.3 is 4.90 Å². The summed E-state index contributed by atoms with van der Waals surface area (Å²) < 4.78 is 1.35. The minimum atomic E-state index is 0.853. The number of benzene rings is 8. The van der Waals surface area contributed by atoms with E-state index in [-0.39, 0.29) is 0 Å². The predicted octanol–water partition coefficient (Wildman–Crippen LogP) is 14.0. The second-order valence-corrected chi connectivity index (χ2v) is 14.8. The molecule has 2 heteroatoms. The van der Waals surface area contributed by atoms with Crippen LogP contribution in [0.15, 0.2) is 188 Å². The van der Waals surface area contributed by atoms with E-state index in [1.807, 2.05) is 11.3 Å². The van der Waals surface area contributed by atoms with Crippen molar-refractivity contribution in [2.45, 2.75) is 12.8 Å². The molecular formula is C50H35NS.